The molecule has 0 radical (unpaired) electrons. The molecular weight excluding hydrogens is 464 g/mol. The van der Waals surface area contributed by atoms with Gasteiger partial charge in [-0.2, -0.15) is 0 Å². The molecule has 0 aliphatic heterocycles. The van der Waals surface area contributed by atoms with Crippen LogP contribution in [0.25, 0.3) is 5.69 Å². The number of sulfonamides is 1. The molecule has 0 aliphatic rings. The fraction of sp³-hybridized carbons (Fsp3) is 0.385. The summed E-state index contributed by atoms with van der Waals surface area (Å²) in [6.45, 7) is 8.99. The molecule has 1 amide bonds. The van der Waals surface area contributed by atoms with Gasteiger partial charge in [0.05, 0.1) is 16.3 Å². The van der Waals surface area contributed by atoms with Crippen molar-refractivity contribution in [2.45, 2.75) is 52.4 Å². The van der Waals surface area contributed by atoms with Gasteiger partial charge in [-0.1, -0.05) is 49.2 Å². The number of hydrogen-bond donors (Lipinski definition) is 1. The molecule has 0 spiro atoms. The molecule has 0 aliphatic carbocycles. The third-order valence-electron chi connectivity index (χ3n) is 6.07. The number of carbonyl (C=O) groups excluding carboxylic acids is 1. The van der Waals surface area contributed by atoms with E-state index in [1.165, 1.54) is 4.68 Å². The van der Waals surface area contributed by atoms with Gasteiger partial charge in [-0.05, 0) is 57.4 Å². The smallest absolute Gasteiger partial charge is 0.296 e. The lowest BCUT2D eigenvalue weighted by atomic mass is 10.1. The Labute approximate surface area is 207 Å². The summed E-state index contributed by atoms with van der Waals surface area (Å²) in [5.74, 6) is -0.460. The van der Waals surface area contributed by atoms with Gasteiger partial charge in [0.15, 0.2) is 0 Å². The van der Waals surface area contributed by atoms with Crippen LogP contribution in [-0.4, -0.2) is 36.8 Å². The molecule has 1 heterocycles. The van der Waals surface area contributed by atoms with E-state index in [9.17, 15) is 18.0 Å². The van der Waals surface area contributed by atoms with Crippen LogP contribution in [0.15, 0.2) is 52.2 Å². The number of hydrogen-bond acceptors (Lipinski definition) is 4. The normalized spacial score (nSPS) is 11.5. The third-order valence-corrected chi connectivity index (χ3v) is 8.12. The quantitative estimate of drug-likeness (QED) is 0.457. The number of carbonyl (C=O) groups is 1. The van der Waals surface area contributed by atoms with Crippen molar-refractivity contribution in [2.24, 2.45) is 7.05 Å². The molecule has 9 heteroatoms. The Hall–Kier alpha value is -3.33. The SMILES string of the molecule is CCCCNC(=O)CN(c1c(C)n(C)n(-c2ccccc2)c1=O)S(=O)(=O)c1c(C)cc(C)cc1C. The van der Waals surface area contributed by atoms with Gasteiger partial charge in [0.2, 0.25) is 5.91 Å². The molecule has 0 bridgehead atoms. The second-order valence-corrected chi connectivity index (χ2v) is 10.7. The summed E-state index contributed by atoms with van der Waals surface area (Å²) in [7, 11) is -2.55. The zero-order valence-corrected chi connectivity index (χ0v) is 22.1. The highest BCUT2D eigenvalue weighted by molar-refractivity contribution is 7.93. The van der Waals surface area contributed by atoms with E-state index >= 15 is 0 Å². The van der Waals surface area contributed by atoms with Gasteiger partial charge in [0, 0.05) is 13.6 Å². The molecule has 8 nitrogen and oxygen atoms in total. The fourth-order valence-corrected chi connectivity index (χ4v) is 6.29. The number of nitrogens with one attached hydrogen (secondary N) is 1. The van der Waals surface area contributed by atoms with Crippen LogP contribution in [0.4, 0.5) is 5.69 Å². The minimum Gasteiger partial charge on any atom is -0.355 e. The monoisotopic (exact) mass is 498 g/mol. The van der Waals surface area contributed by atoms with Crippen LogP contribution in [0.5, 0.6) is 0 Å². The molecule has 1 N–H and O–H groups in total. The van der Waals surface area contributed by atoms with Crippen LogP contribution in [0.3, 0.4) is 0 Å². The molecule has 3 rings (SSSR count). The van der Waals surface area contributed by atoms with Crippen molar-refractivity contribution < 1.29 is 13.2 Å². The van der Waals surface area contributed by atoms with E-state index in [1.54, 1.807) is 68.9 Å². The van der Waals surface area contributed by atoms with Crippen LogP contribution in [0.1, 0.15) is 42.1 Å². The molecule has 0 saturated heterocycles. The van der Waals surface area contributed by atoms with Gasteiger partial charge < -0.3 is 5.32 Å². The Morgan fingerprint density at radius 2 is 1.63 bits per heavy atom. The van der Waals surface area contributed by atoms with E-state index in [0.29, 0.717) is 29.1 Å². The van der Waals surface area contributed by atoms with Crippen LogP contribution >= 0.6 is 0 Å². The predicted octanol–water partition coefficient (Wildman–Crippen LogP) is 3.52. The molecule has 0 fully saturated rings. The number of para-hydroxylation sites is 1. The van der Waals surface area contributed by atoms with Crippen molar-refractivity contribution in [3.63, 3.8) is 0 Å². The first-order valence-electron chi connectivity index (χ1n) is 11.7. The molecule has 0 atom stereocenters. The topological polar surface area (TPSA) is 93.4 Å². The molecule has 0 saturated carbocycles. The summed E-state index contributed by atoms with van der Waals surface area (Å²) in [6, 6.07) is 12.6. The Balaban J connectivity index is 2.23. The summed E-state index contributed by atoms with van der Waals surface area (Å²) < 4.78 is 32.2. The summed E-state index contributed by atoms with van der Waals surface area (Å²) in [6.07, 6.45) is 1.67. The summed E-state index contributed by atoms with van der Waals surface area (Å²) in [5, 5.41) is 2.78. The van der Waals surface area contributed by atoms with Gasteiger partial charge in [-0.3, -0.25) is 14.3 Å². The number of unbranched alkanes of at least 4 members (excludes halogenated alkanes) is 1. The number of amides is 1. The number of aromatic nitrogens is 2. The first-order valence-corrected chi connectivity index (χ1v) is 13.2. The minimum atomic E-state index is -4.24. The molecular formula is C26H34N4O4S. The Kier molecular flexibility index (Phi) is 7.90. The summed E-state index contributed by atoms with van der Waals surface area (Å²) >= 11 is 0. The maximum atomic E-state index is 14.1. The van der Waals surface area contributed by atoms with E-state index in [0.717, 1.165) is 22.7 Å². The largest absolute Gasteiger partial charge is 0.355 e. The van der Waals surface area contributed by atoms with Crippen molar-refractivity contribution in [3.8, 4) is 5.69 Å². The van der Waals surface area contributed by atoms with Gasteiger partial charge in [0.1, 0.15) is 12.2 Å². The minimum absolute atomic E-state index is 0.0404. The predicted molar refractivity (Wildman–Crippen MR) is 139 cm³/mol. The first-order chi connectivity index (χ1) is 16.5. The lowest BCUT2D eigenvalue weighted by molar-refractivity contribution is -0.119. The molecule has 188 valence electrons. The van der Waals surface area contributed by atoms with E-state index in [2.05, 4.69) is 5.32 Å². The molecule has 3 aromatic rings. The average Bonchev–Trinajstić information content (AvgIpc) is 3.00. The van der Waals surface area contributed by atoms with E-state index in [-0.39, 0.29) is 10.6 Å². The molecule has 35 heavy (non-hydrogen) atoms. The highest BCUT2D eigenvalue weighted by Gasteiger charge is 2.35. The maximum Gasteiger partial charge on any atom is 0.296 e. The van der Waals surface area contributed by atoms with E-state index < -0.39 is 28.0 Å². The lowest BCUT2D eigenvalue weighted by Gasteiger charge is -2.25. The Morgan fingerprint density at radius 3 is 2.20 bits per heavy atom. The second-order valence-electron chi connectivity index (χ2n) is 8.85. The fourth-order valence-electron chi connectivity index (χ4n) is 4.40. The number of rotatable bonds is 9. The first kappa shape index (κ1) is 26.3. The third kappa shape index (κ3) is 5.19. The van der Waals surface area contributed by atoms with E-state index in [1.807, 2.05) is 19.9 Å². The highest BCUT2D eigenvalue weighted by atomic mass is 32.2. The summed E-state index contributed by atoms with van der Waals surface area (Å²) in [4.78, 5) is 26.7. The maximum absolute atomic E-state index is 14.1. The standard InChI is InChI=1S/C26H34N4O4S/c1-7-8-14-27-23(31)17-29(35(33,34)25-19(3)15-18(2)16-20(25)4)24-21(5)28(6)30(26(24)32)22-12-10-9-11-13-22/h9-13,15-16H,7-8,14,17H2,1-6H3,(H,27,31). The van der Waals surface area contributed by atoms with Crippen molar-refractivity contribution in [2.75, 3.05) is 17.4 Å². The van der Waals surface area contributed by atoms with Crippen LogP contribution < -0.4 is 15.2 Å². The van der Waals surface area contributed by atoms with Crippen molar-refractivity contribution in [1.29, 1.82) is 0 Å². The number of benzene rings is 2. The van der Waals surface area contributed by atoms with Crippen molar-refractivity contribution >= 4 is 21.6 Å². The second kappa shape index (κ2) is 10.5. The average molecular weight is 499 g/mol. The van der Waals surface area contributed by atoms with Crippen molar-refractivity contribution in [1.82, 2.24) is 14.7 Å². The van der Waals surface area contributed by atoms with Crippen LogP contribution in [0.2, 0.25) is 0 Å². The molecule has 2 aromatic carbocycles. The van der Waals surface area contributed by atoms with Gasteiger partial charge in [-0.15, -0.1) is 0 Å². The number of anilines is 1. The van der Waals surface area contributed by atoms with E-state index in [4.69, 9.17) is 0 Å². The highest BCUT2D eigenvalue weighted by Crippen LogP contribution is 2.29. The van der Waals surface area contributed by atoms with Gasteiger partial charge in [0.25, 0.3) is 15.6 Å². The van der Waals surface area contributed by atoms with Crippen LogP contribution in [-0.2, 0) is 21.9 Å². The lowest BCUT2D eigenvalue weighted by Crippen LogP contribution is -2.43. The number of nitrogens with zero attached hydrogens (tertiary/aromatic N) is 3. The van der Waals surface area contributed by atoms with Gasteiger partial charge in [-0.25, -0.2) is 17.4 Å². The zero-order chi connectivity index (χ0) is 25.9. The van der Waals surface area contributed by atoms with Crippen LogP contribution in [0, 0.1) is 27.7 Å². The molecule has 0 unspecified atom stereocenters. The zero-order valence-electron chi connectivity index (χ0n) is 21.3. The van der Waals surface area contributed by atoms with Gasteiger partial charge >= 0.3 is 0 Å². The Bertz CT molecular complexity index is 1370. The molecule has 1 aromatic heterocycles. The Morgan fingerprint density at radius 1 is 1.03 bits per heavy atom. The van der Waals surface area contributed by atoms with Crippen molar-refractivity contribution in [3.05, 3.63) is 75.2 Å². The number of aryl methyl sites for hydroxylation is 3. The summed E-state index contributed by atoms with van der Waals surface area (Å²) in [5.41, 5.74) is 2.55.